The Labute approximate surface area is 160 Å². The third-order valence-corrected chi connectivity index (χ3v) is 4.22. The van der Waals surface area contributed by atoms with Gasteiger partial charge in [-0.2, -0.15) is 0 Å². The Balaban J connectivity index is 1.95. The average Bonchev–Trinajstić information content (AvgIpc) is 2.67. The smallest absolute Gasteiger partial charge is 0.251 e. The molecule has 0 aliphatic rings. The molecule has 0 saturated carbocycles. The van der Waals surface area contributed by atoms with E-state index < -0.39 is 0 Å². The molecule has 0 fully saturated rings. The second kappa shape index (κ2) is 9.62. The Kier molecular flexibility index (Phi) is 7.23. The molecule has 0 aliphatic heterocycles. The standard InChI is InChI=1S/C21H26N2O4/c1-15-5-7-17(8-6-15)14-23(16(2)24)10-9-22-21(25)18-11-19(26-3)13-20(12-18)27-4/h5-8,11-13H,9-10,14H2,1-4H3,(H,22,25). The number of amides is 2. The molecule has 0 bridgehead atoms. The number of rotatable bonds is 8. The van der Waals surface area contributed by atoms with Crippen molar-refractivity contribution >= 4 is 11.8 Å². The van der Waals surface area contributed by atoms with Gasteiger partial charge in [0.25, 0.3) is 5.91 Å². The molecule has 0 atom stereocenters. The molecular formula is C21H26N2O4. The van der Waals surface area contributed by atoms with Gasteiger partial charge in [-0.25, -0.2) is 0 Å². The lowest BCUT2D eigenvalue weighted by atomic mass is 10.1. The molecule has 2 aromatic carbocycles. The first-order valence-electron chi connectivity index (χ1n) is 8.75. The zero-order chi connectivity index (χ0) is 19.8. The first kappa shape index (κ1) is 20.3. The van der Waals surface area contributed by atoms with Crippen LogP contribution in [0.5, 0.6) is 11.5 Å². The highest BCUT2D eigenvalue weighted by Gasteiger charge is 2.12. The second-order valence-corrected chi connectivity index (χ2v) is 6.28. The van der Waals surface area contributed by atoms with Crippen molar-refractivity contribution in [2.24, 2.45) is 0 Å². The summed E-state index contributed by atoms with van der Waals surface area (Å²) in [6.45, 7) is 4.84. The Morgan fingerprint density at radius 2 is 1.59 bits per heavy atom. The van der Waals surface area contributed by atoms with Gasteiger partial charge in [-0.3, -0.25) is 9.59 Å². The van der Waals surface area contributed by atoms with E-state index in [1.165, 1.54) is 26.7 Å². The van der Waals surface area contributed by atoms with Gasteiger partial charge in [0.05, 0.1) is 14.2 Å². The van der Waals surface area contributed by atoms with E-state index in [1.54, 1.807) is 23.1 Å². The first-order chi connectivity index (χ1) is 12.9. The number of ether oxygens (including phenoxy) is 2. The topological polar surface area (TPSA) is 67.9 Å². The third kappa shape index (κ3) is 6.02. The molecule has 1 N–H and O–H groups in total. The number of nitrogens with one attached hydrogen (secondary N) is 1. The highest BCUT2D eigenvalue weighted by Crippen LogP contribution is 2.22. The largest absolute Gasteiger partial charge is 0.497 e. The van der Waals surface area contributed by atoms with Crippen LogP contribution in [0.4, 0.5) is 0 Å². The van der Waals surface area contributed by atoms with E-state index in [0.717, 1.165) is 5.56 Å². The first-order valence-corrected chi connectivity index (χ1v) is 8.75. The molecule has 2 amide bonds. The minimum atomic E-state index is -0.244. The molecule has 0 spiro atoms. The van der Waals surface area contributed by atoms with E-state index in [-0.39, 0.29) is 11.8 Å². The number of hydrogen-bond donors (Lipinski definition) is 1. The normalized spacial score (nSPS) is 10.2. The number of benzene rings is 2. The van der Waals surface area contributed by atoms with Crippen LogP contribution in [0.15, 0.2) is 42.5 Å². The lowest BCUT2D eigenvalue weighted by Gasteiger charge is -2.21. The summed E-state index contributed by atoms with van der Waals surface area (Å²) in [4.78, 5) is 26.0. The van der Waals surface area contributed by atoms with Crippen LogP contribution in [0.3, 0.4) is 0 Å². The average molecular weight is 370 g/mol. The van der Waals surface area contributed by atoms with Gasteiger partial charge in [0.15, 0.2) is 0 Å². The number of carbonyl (C=O) groups is 2. The van der Waals surface area contributed by atoms with Gasteiger partial charge in [-0.05, 0) is 24.6 Å². The van der Waals surface area contributed by atoms with Crippen molar-refractivity contribution in [1.29, 1.82) is 0 Å². The van der Waals surface area contributed by atoms with Crippen LogP contribution in [0.25, 0.3) is 0 Å². The lowest BCUT2D eigenvalue weighted by molar-refractivity contribution is -0.129. The zero-order valence-electron chi connectivity index (χ0n) is 16.2. The van der Waals surface area contributed by atoms with Gasteiger partial charge in [0, 0.05) is 38.2 Å². The number of carbonyl (C=O) groups excluding carboxylic acids is 2. The summed E-state index contributed by atoms with van der Waals surface area (Å²) in [5.74, 6) is 0.812. The van der Waals surface area contributed by atoms with Crippen molar-refractivity contribution in [1.82, 2.24) is 10.2 Å². The van der Waals surface area contributed by atoms with Crippen LogP contribution in [0.1, 0.15) is 28.4 Å². The number of aryl methyl sites for hydroxylation is 1. The molecule has 0 aliphatic carbocycles. The highest BCUT2D eigenvalue weighted by molar-refractivity contribution is 5.95. The zero-order valence-corrected chi connectivity index (χ0v) is 16.2. The fourth-order valence-corrected chi connectivity index (χ4v) is 2.61. The van der Waals surface area contributed by atoms with Gasteiger partial charge in [-0.1, -0.05) is 29.8 Å². The molecule has 144 valence electrons. The minimum absolute atomic E-state index is 0.0344. The van der Waals surface area contributed by atoms with Gasteiger partial charge < -0.3 is 19.7 Å². The Hall–Kier alpha value is -3.02. The van der Waals surface area contributed by atoms with Crippen molar-refractivity contribution in [2.45, 2.75) is 20.4 Å². The van der Waals surface area contributed by atoms with Crippen molar-refractivity contribution in [3.05, 3.63) is 59.2 Å². The lowest BCUT2D eigenvalue weighted by Crippen LogP contribution is -2.37. The van der Waals surface area contributed by atoms with Crippen LogP contribution in [0, 0.1) is 6.92 Å². The maximum atomic E-state index is 12.4. The van der Waals surface area contributed by atoms with Crippen molar-refractivity contribution in [2.75, 3.05) is 27.3 Å². The van der Waals surface area contributed by atoms with E-state index in [2.05, 4.69) is 5.32 Å². The Bertz CT molecular complexity index is 765. The predicted octanol–water partition coefficient (Wildman–Crippen LogP) is 2.79. The van der Waals surface area contributed by atoms with E-state index >= 15 is 0 Å². The molecule has 0 unspecified atom stereocenters. The summed E-state index contributed by atoms with van der Waals surface area (Å²) in [6.07, 6.45) is 0. The molecule has 0 aromatic heterocycles. The van der Waals surface area contributed by atoms with E-state index in [4.69, 9.17) is 9.47 Å². The summed E-state index contributed by atoms with van der Waals surface area (Å²) < 4.78 is 10.4. The van der Waals surface area contributed by atoms with Crippen LogP contribution in [0.2, 0.25) is 0 Å². The summed E-state index contributed by atoms with van der Waals surface area (Å²) in [5.41, 5.74) is 2.67. The van der Waals surface area contributed by atoms with E-state index in [1.807, 2.05) is 31.2 Å². The molecule has 0 radical (unpaired) electrons. The fourth-order valence-electron chi connectivity index (χ4n) is 2.61. The van der Waals surface area contributed by atoms with Crippen molar-refractivity contribution in [3.8, 4) is 11.5 Å². The van der Waals surface area contributed by atoms with Gasteiger partial charge >= 0.3 is 0 Å². The van der Waals surface area contributed by atoms with E-state index in [0.29, 0.717) is 36.7 Å². The fraction of sp³-hybridized carbons (Fsp3) is 0.333. The van der Waals surface area contributed by atoms with Crippen LogP contribution < -0.4 is 14.8 Å². The minimum Gasteiger partial charge on any atom is -0.497 e. The predicted molar refractivity (Wildman–Crippen MR) is 104 cm³/mol. The summed E-state index contributed by atoms with van der Waals surface area (Å²) >= 11 is 0. The molecule has 0 saturated heterocycles. The number of hydrogen-bond acceptors (Lipinski definition) is 4. The molecular weight excluding hydrogens is 344 g/mol. The Morgan fingerprint density at radius 1 is 1.00 bits per heavy atom. The SMILES string of the molecule is COc1cc(OC)cc(C(=O)NCCN(Cc2ccc(C)cc2)C(C)=O)c1. The molecule has 6 nitrogen and oxygen atoms in total. The maximum Gasteiger partial charge on any atom is 0.251 e. The molecule has 6 heteroatoms. The summed E-state index contributed by atoms with van der Waals surface area (Å²) in [7, 11) is 3.07. The maximum absolute atomic E-state index is 12.4. The second-order valence-electron chi connectivity index (χ2n) is 6.28. The summed E-state index contributed by atoms with van der Waals surface area (Å²) in [6, 6.07) is 13.0. The molecule has 2 aromatic rings. The third-order valence-electron chi connectivity index (χ3n) is 4.22. The van der Waals surface area contributed by atoms with Crippen molar-refractivity contribution in [3.63, 3.8) is 0 Å². The van der Waals surface area contributed by atoms with Gasteiger partial charge in [0.1, 0.15) is 11.5 Å². The van der Waals surface area contributed by atoms with Crippen LogP contribution in [-0.4, -0.2) is 44.0 Å². The molecule has 2 rings (SSSR count). The van der Waals surface area contributed by atoms with Crippen LogP contribution >= 0.6 is 0 Å². The van der Waals surface area contributed by atoms with Gasteiger partial charge in [-0.15, -0.1) is 0 Å². The number of methoxy groups -OCH3 is 2. The van der Waals surface area contributed by atoms with Crippen molar-refractivity contribution < 1.29 is 19.1 Å². The molecule has 0 heterocycles. The van der Waals surface area contributed by atoms with Gasteiger partial charge in [0.2, 0.25) is 5.91 Å². The molecule has 27 heavy (non-hydrogen) atoms. The highest BCUT2D eigenvalue weighted by atomic mass is 16.5. The Morgan fingerprint density at radius 3 is 2.11 bits per heavy atom. The number of nitrogens with zero attached hydrogens (tertiary/aromatic N) is 1. The van der Waals surface area contributed by atoms with E-state index in [9.17, 15) is 9.59 Å². The quantitative estimate of drug-likeness (QED) is 0.776. The summed E-state index contributed by atoms with van der Waals surface area (Å²) in [5, 5.41) is 2.84. The monoisotopic (exact) mass is 370 g/mol. The van der Waals surface area contributed by atoms with Crippen LogP contribution in [-0.2, 0) is 11.3 Å².